The molecule has 6 heteroatoms. The average molecular weight is 325 g/mol. The zero-order valence-corrected chi connectivity index (χ0v) is 12.1. The second-order valence-electron chi connectivity index (χ2n) is 4.16. The van der Waals surface area contributed by atoms with Gasteiger partial charge in [0.05, 0.1) is 11.6 Å². The normalized spacial score (nSPS) is 10.5. The number of nitrogens with one attached hydrogen (secondary N) is 2. The van der Waals surface area contributed by atoms with E-state index >= 15 is 0 Å². The van der Waals surface area contributed by atoms with Crippen LogP contribution in [0.3, 0.4) is 0 Å². The largest absolute Gasteiger partial charge is 0.496 e. The Kier molecular flexibility index (Phi) is 3.90. The molecule has 1 aromatic heterocycles. The van der Waals surface area contributed by atoms with Crippen molar-refractivity contribution in [1.82, 2.24) is 9.97 Å². The number of aromatic nitrogens is 2. The maximum Gasteiger partial charge on any atom is 0.325 e. The first-order chi connectivity index (χ1) is 9.01. The minimum absolute atomic E-state index is 0.354. The number of halogens is 1. The van der Waals surface area contributed by atoms with Crippen LogP contribution in [0.1, 0.15) is 16.8 Å². The van der Waals surface area contributed by atoms with Crippen molar-refractivity contribution in [3.63, 3.8) is 0 Å². The zero-order chi connectivity index (χ0) is 14.0. The fourth-order valence-corrected chi connectivity index (χ4v) is 2.45. The van der Waals surface area contributed by atoms with Crippen molar-refractivity contribution in [2.75, 3.05) is 7.11 Å². The molecule has 19 heavy (non-hydrogen) atoms. The molecule has 0 saturated heterocycles. The van der Waals surface area contributed by atoms with Crippen LogP contribution in [-0.2, 0) is 6.42 Å². The third-order valence-electron chi connectivity index (χ3n) is 2.85. The number of benzene rings is 1. The Hall–Kier alpha value is -1.82. The summed E-state index contributed by atoms with van der Waals surface area (Å²) >= 11 is 3.40. The fourth-order valence-electron chi connectivity index (χ4n) is 1.86. The van der Waals surface area contributed by atoms with E-state index in [9.17, 15) is 9.59 Å². The summed E-state index contributed by atoms with van der Waals surface area (Å²) in [6.07, 6.45) is 0.445. The van der Waals surface area contributed by atoms with E-state index in [0.717, 1.165) is 15.8 Å². The first-order valence-corrected chi connectivity index (χ1v) is 6.45. The van der Waals surface area contributed by atoms with E-state index in [1.807, 2.05) is 18.2 Å². The summed E-state index contributed by atoms with van der Waals surface area (Å²) in [5.41, 5.74) is 1.25. The molecule has 1 heterocycles. The van der Waals surface area contributed by atoms with E-state index in [1.54, 1.807) is 14.0 Å². The standard InChI is InChI=1S/C13H13BrN2O3/c1-7-9(12(17)16-13(18)15-7)5-8-3-4-11(19-2)10(14)6-8/h3-4,6H,5H2,1-2H3,(H2,15,16,17,18). The molecule has 0 radical (unpaired) electrons. The quantitative estimate of drug-likeness (QED) is 0.902. The molecule has 100 valence electrons. The summed E-state index contributed by atoms with van der Waals surface area (Å²) in [5, 5.41) is 0. The summed E-state index contributed by atoms with van der Waals surface area (Å²) in [7, 11) is 1.59. The van der Waals surface area contributed by atoms with Crippen molar-refractivity contribution >= 4 is 15.9 Å². The van der Waals surface area contributed by atoms with Gasteiger partial charge in [-0.3, -0.25) is 9.78 Å². The van der Waals surface area contributed by atoms with Crippen LogP contribution < -0.4 is 16.0 Å². The molecule has 2 N–H and O–H groups in total. The SMILES string of the molecule is COc1ccc(Cc2c(C)[nH]c(=O)[nH]c2=O)cc1Br. The van der Waals surface area contributed by atoms with Crippen LogP contribution in [-0.4, -0.2) is 17.1 Å². The fraction of sp³-hybridized carbons (Fsp3) is 0.231. The van der Waals surface area contributed by atoms with Gasteiger partial charge < -0.3 is 9.72 Å². The second-order valence-corrected chi connectivity index (χ2v) is 5.01. The van der Waals surface area contributed by atoms with Gasteiger partial charge in [0, 0.05) is 17.7 Å². The lowest BCUT2D eigenvalue weighted by atomic mass is 10.1. The highest BCUT2D eigenvalue weighted by Crippen LogP contribution is 2.26. The van der Waals surface area contributed by atoms with E-state index < -0.39 is 5.69 Å². The molecule has 0 aliphatic heterocycles. The molecule has 2 rings (SSSR count). The van der Waals surface area contributed by atoms with Gasteiger partial charge in [-0.15, -0.1) is 0 Å². The highest BCUT2D eigenvalue weighted by atomic mass is 79.9. The van der Waals surface area contributed by atoms with Gasteiger partial charge in [0.15, 0.2) is 0 Å². The number of ether oxygens (including phenoxy) is 1. The lowest BCUT2D eigenvalue weighted by Crippen LogP contribution is -2.27. The first kappa shape index (κ1) is 13.6. The van der Waals surface area contributed by atoms with E-state index in [4.69, 9.17) is 4.74 Å². The summed E-state index contributed by atoms with van der Waals surface area (Å²) < 4.78 is 5.98. The van der Waals surface area contributed by atoms with Crippen molar-refractivity contribution in [2.45, 2.75) is 13.3 Å². The molecular formula is C13H13BrN2O3. The number of methoxy groups -OCH3 is 1. The molecule has 2 aromatic rings. The molecule has 0 unspecified atom stereocenters. The predicted molar refractivity (Wildman–Crippen MR) is 75.9 cm³/mol. The second kappa shape index (κ2) is 5.44. The molecule has 5 nitrogen and oxygen atoms in total. The lowest BCUT2D eigenvalue weighted by Gasteiger charge is -2.07. The highest BCUT2D eigenvalue weighted by Gasteiger charge is 2.08. The smallest absolute Gasteiger partial charge is 0.325 e. The molecule has 0 spiro atoms. The van der Waals surface area contributed by atoms with Gasteiger partial charge in [0.25, 0.3) is 5.56 Å². The number of hydrogen-bond donors (Lipinski definition) is 2. The maximum atomic E-state index is 11.8. The monoisotopic (exact) mass is 324 g/mol. The van der Waals surface area contributed by atoms with E-state index in [0.29, 0.717) is 17.7 Å². The third kappa shape index (κ3) is 2.96. The van der Waals surface area contributed by atoms with Crippen molar-refractivity contribution in [3.8, 4) is 5.75 Å². The van der Waals surface area contributed by atoms with E-state index in [2.05, 4.69) is 25.9 Å². The van der Waals surface area contributed by atoms with Gasteiger partial charge in [0.1, 0.15) is 5.75 Å². The molecule has 0 bridgehead atoms. The van der Waals surface area contributed by atoms with Gasteiger partial charge >= 0.3 is 5.69 Å². The Morgan fingerprint density at radius 3 is 2.58 bits per heavy atom. The highest BCUT2D eigenvalue weighted by molar-refractivity contribution is 9.10. The third-order valence-corrected chi connectivity index (χ3v) is 3.47. The van der Waals surface area contributed by atoms with Gasteiger partial charge in [0.2, 0.25) is 0 Å². The molecule has 0 aliphatic rings. The van der Waals surface area contributed by atoms with Crippen LogP contribution in [0.15, 0.2) is 32.3 Å². The zero-order valence-electron chi connectivity index (χ0n) is 10.5. The van der Waals surface area contributed by atoms with Gasteiger partial charge in [-0.05, 0) is 40.5 Å². The molecule has 0 atom stereocenters. The Balaban J connectivity index is 2.39. The van der Waals surface area contributed by atoms with Crippen LogP contribution >= 0.6 is 15.9 Å². The van der Waals surface area contributed by atoms with Crippen LogP contribution in [0.5, 0.6) is 5.75 Å². The summed E-state index contributed by atoms with van der Waals surface area (Å²) in [4.78, 5) is 27.7. The van der Waals surface area contributed by atoms with Crippen LogP contribution in [0.2, 0.25) is 0 Å². The van der Waals surface area contributed by atoms with Crippen LogP contribution in [0.4, 0.5) is 0 Å². The number of H-pyrrole nitrogens is 2. The number of aryl methyl sites for hydroxylation is 1. The predicted octanol–water partition coefficient (Wildman–Crippen LogP) is 1.73. The van der Waals surface area contributed by atoms with Crippen LogP contribution in [0.25, 0.3) is 0 Å². The first-order valence-electron chi connectivity index (χ1n) is 5.65. The molecule has 1 aromatic carbocycles. The Bertz CT molecular complexity index is 719. The van der Waals surface area contributed by atoms with Crippen LogP contribution in [0, 0.1) is 6.92 Å². The molecule has 0 saturated carbocycles. The molecule has 0 fully saturated rings. The number of aromatic amines is 2. The van der Waals surface area contributed by atoms with Gasteiger partial charge in [-0.1, -0.05) is 6.07 Å². The average Bonchev–Trinajstić information content (AvgIpc) is 2.34. The van der Waals surface area contributed by atoms with Gasteiger partial charge in [-0.25, -0.2) is 4.79 Å². The Morgan fingerprint density at radius 2 is 2.00 bits per heavy atom. The minimum atomic E-state index is -0.484. The minimum Gasteiger partial charge on any atom is -0.496 e. The summed E-state index contributed by atoms with van der Waals surface area (Å²) in [6.45, 7) is 1.71. The van der Waals surface area contributed by atoms with E-state index in [1.165, 1.54) is 0 Å². The van der Waals surface area contributed by atoms with Crippen molar-refractivity contribution in [1.29, 1.82) is 0 Å². The molecule has 0 aliphatic carbocycles. The lowest BCUT2D eigenvalue weighted by molar-refractivity contribution is 0.412. The number of hydrogen-bond acceptors (Lipinski definition) is 3. The molecular weight excluding hydrogens is 312 g/mol. The topological polar surface area (TPSA) is 75.0 Å². The van der Waals surface area contributed by atoms with Gasteiger partial charge in [-0.2, -0.15) is 0 Å². The maximum absolute atomic E-state index is 11.8. The summed E-state index contributed by atoms with van der Waals surface area (Å²) in [6, 6.07) is 5.60. The Labute approximate surface area is 117 Å². The van der Waals surface area contributed by atoms with E-state index in [-0.39, 0.29) is 5.56 Å². The van der Waals surface area contributed by atoms with Crippen molar-refractivity contribution in [2.24, 2.45) is 0 Å². The molecule has 0 amide bonds. The van der Waals surface area contributed by atoms with Crippen molar-refractivity contribution < 1.29 is 4.74 Å². The Morgan fingerprint density at radius 1 is 1.26 bits per heavy atom. The number of rotatable bonds is 3. The van der Waals surface area contributed by atoms with Crippen molar-refractivity contribution in [3.05, 3.63) is 60.3 Å². The summed E-state index contributed by atoms with van der Waals surface area (Å²) in [5.74, 6) is 0.732.